The van der Waals surface area contributed by atoms with Crippen LogP contribution in [0.3, 0.4) is 0 Å². The van der Waals surface area contributed by atoms with Gasteiger partial charge in [-0.25, -0.2) is 9.69 Å². The zero-order valence-corrected chi connectivity index (χ0v) is 17.6. The van der Waals surface area contributed by atoms with Crippen molar-refractivity contribution in [3.8, 4) is 0 Å². The number of amides is 4. The Labute approximate surface area is 184 Å². The maximum Gasteiger partial charge on any atom is 0.335 e. The van der Waals surface area contributed by atoms with Crippen molar-refractivity contribution in [2.75, 3.05) is 13.2 Å². The number of urea groups is 1. The second-order valence-electron chi connectivity index (χ2n) is 7.71. The first-order chi connectivity index (χ1) is 15.1. The van der Waals surface area contributed by atoms with Crippen LogP contribution in [0.1, 0.15) is 27.6 Å². The second kappa shape index (κ2) is 8.09. The highest BCUT2D eigenvalue weighted by atomic mass is 32.1. The molecule has 0 saturated carbocycles. The number of carbonyl (C=O) groups excluding carboxylic acids is 3. The van der Waals surface area contributed by atoms with Crippen LogP contribution in [0, 0.1) is 0 Å². The Balaban J connectivity index is 1.41. The molecular weight excluding hydrogens is 410 g/mol. The normalized spacial score (nSPS) is 19.2. The zero-order chi connectivity index (χ0) is 21.4. The third-order valence-corrected chi connectivity index (χ3v) is 6.82. The van der Waals surface area contributed by atoms with Gasteiger partial charge in [0.15, 0.2) is 0 Å². The molecule has 4 amide bonds. The molecule has 3 heterocycles. The minimum absolute atomic E-state index is 0.0601. The summed E-state index contributed by atoms with van der Waals surface area (Å²) in [5, 5.41) is 2.08. The molecule has 2 aromatic carbocycles. The predicted molar refractivity (Wildman–Crippen MR) is 117 cm³/mol. The summed E-state index contributed by atoms with van der Waals surface area (Å²) >= 11 is 1.74. The van der Waals surface area contributed by atoms with E-state index >= 15 is 0 Å². The average molecular weight is 432 g/mol. The Kier molecular flexibility index (Phi) is 5.13. The van der Waals surface area contributed by atoms with Crippen LogP contribution in [0.15, 0.2) is 72.1 Å². The van der Waals surface area contributed by atoms with Gasteiger partial charge in [-0.05, 0) is 34.6 Å². The van der Waals surface area contributed by atoms with Crippen molar-refractivity contribution < 1.29 is 14.4 Å². The summed E-state index contributed by atoms with van der Waals surface area (Å²) in [7, 11) is 0. The van der Waals surface area contributed by atoms with Crippen molar-refractivity contribution in [1.82, 2.24) is 14.7 Å². The van der Waals surface area contributed by atoms with E-state index in [9.17, 15) is 14.4 Å². The summed E-state index contributed by atoms with van der Waals surface area (Å²) < 4.78 is 0. The van der Waals surface area contributed by atoms with E-state index in [-0.39, 0.29) is 19.3 Å². The molecule has 5 rings (SSSR count). The molecule has 7 heteroatoms. The SMILES string of the molecule is O=C1C(=O)N(CN2CCc3sccc3C2c2ccccc2)C(=O)N1Cc1ccccc1. The van der Waals surface area contributed by atoms with Gasteiger partial charge in [-0.3, -0.25) is 19.4 Å². The highest BCUT2D eigenvalue weighted by Crippen LogP contribution is 2.38. The van der Waals surface area contributed by atoms with Gasteiger partial charge in [-0.1, -0.05) is 60.7 Å². The van der Waals surface area contributed by atoms with Gasteiger partial charge < -0.3 is 0 Å². The van der Waals surface area contributed by atoms with Gasteiger partial charge in [0.1, 0.15) is 0 Å². The van der Waals surface area contributed by atoms with E-state index in [0.29, 0.717) is 6.54 Å². The van der Waals surface area contributed by atoms with Crippen LogP contribution in [0.2, 0.25) is 0 Å². The fourth-order valence-corrected chi connectivity index (χ4v) is 5.21. The van der Waals surface area contributed by atoms with E-state index in [0.717, 1.165) is 27.3 Å². The van der Waals surface area contributed by atoms with E-state index in [2.05, 4.69) is 28.5 Å². The molecule has 2 aliphatic rings. The van der Waals surface area contributed by atoms with Crippen LogP contribution >= 0.6 is 11.3 Å². The standard InChI is InChI=1S/C24H21N3O3S/c28-22-23(29)27(24(30)26(22)15-17-7-3-1-4-8-17)16-25-13-11-20-19(12-14-31-20)21(25)18-9-5-2-6-10-18/h1-10,12,14,21H,11,13,15-16H2. The molecule has 2 aliphatic heterocycles. The highest BCUT2D eigenvalue weighted by molar-refractivity contribution is 7.10. The minimum atomic E-state index is -0.765. The Morgan fingerprint density at radius 2 is 1.52 bits per heavy atom. The molecular formula is C24H21N3O3S. The lowest BCUT2D eigenvalue weighted by molar-refractivity contribution is -0.144. The highest BCUT2D eigenvalue weighted by Gasteiger charge is 2.46. The summed E-state index contributed by atoms with van der Waals surface area (Å²) in [5.41, 5.74) is 3.12. The molecule has 1 aromatic heterocycles. The van der Waals surface area contributed by atoms with Crippen LogP contribution < -0.4 is 0 Å². The maximum absolute atomic E-state index is 13.0. The molecule has 156 valence electrons. The summed E-state index contributed by atoms with van der Waals surface area (Å²) in [6.45, 7) is 0.887. The van der Waals surface area contributed by atoms with Crippen molar-refractivity contribution in [1.29, 1.82) is 0 Å². The van der Waals surface area contributed by atoms with Gasteiger partial charge in [-0.15, -0.1) is 11.3 Å². The molecule has 6 nitrogen and oxygen atoms in total. The number of nitrogens with zero attached hydrogens (tertiary/aromatic N) is 3. The van der Waals surface area contributed by atoms with E-state index < -0.39 is 17.8 Å². The molecule has 1 unspecified atom stereocenters. The smallest absolute Gasteiger partial charge is 0.274 e. The lowest BCUT2D eigenvalue weighted by atomic mass is 9.94. The van der Waals surface area contributed by atoms with Gasteiger partial charge in [0.05, 0.1) is 19.3 Å². The zero-order valence-electron chi connectivity index (χ0n) is 16.8. The topological polar surface area (TPSA) is 60.9 Å². The van der Waals surface area contributed by atoms with Crippen LogP contribution in [-0.2, 0) is 22.6 Å². The van der Waals surface area contributed by atoms with Crippen molar-refractivity contribution in [2.24, 2.45) is 0 Å². The molecule has 31 heavy (non-hydrogen) atoms. The Bertz CT molecular complexity index is 1130. The molecule has 0 spiro atoms. The number of rotatable bonds is 5. The molecule has 3 aromatic rings. The monoisotopic (exact) mass is 431 g/mol. The lowest BCUT2D eigenvalue weighted by Gasteiger charge is -2.37. The molecule has 0 N–H and O–H groups in total. The number of fused-ring (bicyclic) bond motifs is 1. The summed E-state index contributed by atoms with van der Waals surface area (Å²) in [6.07, 6.45) is 0.855. The van der Waals surface area contributed by atoms with Crippen LogP contribution in [0.5, 0.6) is 0 Å². The lowest BCUT2D eigenvalue weighted by Crippen LogP contribution is -2.46. The van der Waals surface area contributed by atoms with Crippen molar-refractivity contribution in [2.45, 2.75) is 19.0 Å². The average Bonchev–Trinajstić information content (AvgIpc) is 3.36. The number of hydrogen-bond acceptors (Lipinski definition) is 5. The molecule has 0 bridgehead atoms. The van der Waals surface area contributed by atoms with Gasteiger partial charge in [0.25, 0.3) is 0 Å². The molecule has 0 radical (unpaired) electrons. The van der Waals surface area contributed by atoms with Crippen molar-refractivity contribution in [3.63, 3.8) is 0 Å². The summed E-state index contributed by atoms with van der Waals surface area (Å²) in [6, 6.07) is 20.8. The molecule has 1 saturated heterocycles. The number of benzene rings is 2. The van der Waals surface area contributed by atoms with Gasteiger partial charge in [0.2, 0.25) is 0 Å². The molecule has 1 atom stereocenters. The third kappa shape index (κ3) is 3.56. The van der Waals surface area contributed by atoms with Crippen LogP contribution in [0.25, 0.3) is 0 Å². The first-order valence-corrected chi connectivity index (χ1v) is 11.1. The molecule has 0 aliphatic carbocycles. The summed E-state index contributed by atoms with van der Waals surface area (Å²) in [4.78, 5) is 43.9. The van der Waals surface area contributed by atoms with E-state index in [4.69, 9.17) is 0 Å². The summed E-state index contributed by atoms with van der Waals surface area (Å²) in [5.74, 6) is -1.53. The van der Waals surface area contributed by atoms with Crippen molar-refractivity contribution in [3.05, 3.63) is 93.7 Å². The fourth-order valence-electron chi connectivity index (χ4n) is 4.31. The first kappa shape index (κ1) is 19.7. The van der Waals surface area contributed by atoms with Crippen LogP contribution in [-0.4, -0.2) is 45.8 Å². The Hall–Kier alpha value is -3.29. The van der Waals surface area contributed by atoms with Gasteiger partial charge in [-0.2, -0.15) is 0 Å². The number of thiophene rings is 1. The first-order valence-electron chi connectivity index (χ1n) is 10.2. The predicted octanol–water partition coefficient (Wildman–Crippen LogP) is 3.64. The van der Waals surface area contributed by atoms with E-state index in [1.54, 1.807) is 11.3 Å². The number of imide groups is 2. The third-order valence-electron chi connectivity index (χ3n) is 5.82. The second-order valence-corrected chi connectivity index (χ2v) is 8.71. The Morgan fingerprint density at radius 3 is 2.26 bits per heavy atom. The maximum atomic E-state index is 13.0. The van der Waals surface area contributed by atoms with Crippen LogP contribution in [0.4, 0.5) is 4.79 Å². The fraction of sp³-hybridized carbons (Fsp3) is 0.208. The van der Waals surface area contributed by atoms with Crippen molar-refractivity contribution >= 4 is 29.2 Å². The number of hydrogen-bond donors (Lipinski definition) is 0. The number of carbonyl (C=O) groups is 3. The quantitative estimate of drug-likeness (QED) is 0.457. The Morgan fingerprint density at radius 1 is 0.839 bits per heavy atom. The largest absolute Gasteiger partial charge is 0.335 e. The van der Waals surface area contributed by atoms with Gasteiger partial charge in [0, 0.05) is 11.4 Å². The molecule has 1 fully saturated rings. The minimum Gasteiger partial charge on any atom is -0.274 e. The van der Waals surface area contributed by atoms with E-state index in [1.165, 1.54) is 10.4 Å². The van der Waals surface area contributed by atoms with Gasteiger partial charge >= 0.3 is 17.8 Å². The van der Waals surface area contributed by atoms with E-state index in [1.807, 2.05) is 48.5 Å².